The molecule has 0 aromatic heterocycles. The van der Waals surface area contributed by atoms with Crippen molar-refractivity contribution in [1.29, 1.82) is 0 Å². The number of hydrogen-bond acceptors (Lipinski definition) is 3. The summed E-state index contributed by atoms with van der Waals surface area (Å²) >= 11 is 0. The van der Waals surface area contributed by atoms with Crippen molar-refractivity contribution in [2.24, 2.45) is 0 Å². The quantitative estimate of drug-likeness (QED) is 0.611. The smallest absolute Gasteiger partial charge is 0.0824 e. The van der Waals surface area contributed by atoms with Gasteiger partial charge in [-0.15, -0.1) is 6.58 Å². The molecule has 3 heteroatoms. The average Bonchev–Trinajstić information content (AvgIpc) is 1.98. The van der Waals surface area contributed by atoms with Gasteiger partial charge < -0.3 is 15.2 Å². The Labute approximate surface area is 87.2 Å². The van der Waals surface area contributed by atoms with Crippen molar-refractivity contribution in [2.45, 2.75) is 38.8 Å². The maximum absolute atomic E-state index is 9.43. The van der Waals surface area contributed by atoms with Crippen molar-refractivity contribution < 1.29 is 9.84 Å². The third-order valence-corrected chi connectivity index (χ3v) is 1.64. The molecule has 0 aromatic rings. The molecule has 0 fully saturated rings. The largest absolute Gasteiger partial charge is 0.388 e. The van der Waals surface area contributed by atoms with Gasteiger partial charge in [0, 0.05) is 12.1 Å². The van der Waals surface area contributed by atoms with Crippen molar-refractivity contribution in [2.75, 3.05) is 19.8 Å². The Morgan fingerprint density at radius 2 is 1.86 bits per heavy atom. The van der Waals surface area contributed by atoms with Crippen LogP contribution in [0.5, 0.6) is 0 Å². The van der Waals surface area contributed by atoms with E-state index in [2.05, 4.69) is 25.7 Å². The summed E-state index contributed by atoms with van der Waals surface area (Å²) in [6.45, 7) is 12.9. The van der Waals surface area contributed by atoms with Crippen molar-refractivity contribution >= 4 is 0 Å². The predicted octanol–water partition coefficient (Wildman–Crippen LogP) is 1.33. The molecule has 84 valence electrons. The summed E-state index contributed by atoms with van der Waals surface area (Å²) in [6.07, 6.45) is 1.82. The summed E-state index contributed by atoms with van der Waals surface area (Å²) < 4.78 is 5.41. The van der Waals surface area contributed by atoms with Crippen LogP contribution in [0.3, 0.4) is 0 Å². The summed E-state index contributed by atoms with van der Waals surface area (Å²) in [4.78, 5) is 0. The summed E-state index contributed by atoms with van der Waals surface area (Å²) in [5, 5.41) is 12.7. The number of nitrogens with one attached hydrogen (secondary N) is 1. The lowest BCUT2D eigenvalue weighted by molar-refractivity contribution is -0.0342. The van der Waals surface area contributed by atoms with E-state index in [1.807, 2.05) is 6.08 Å². The van der Waals surface area contributed by atoms with Crippen LogP contribution in [0.1, 0.15) is 27.7 Å². The van der Waals surface area contributed by atoms with E-state index >= 15 is 0 Å². The standard InChI is InChI=1S/C11H23NO2/c1-6-7-12-10(2,3)8-14-9-11(4,5)13/h6,12-13H,1,7-9H2,2-5H3. The summed E-state index contributed by atoms with van der Waals surface area (Å²) in [7, 11) is 0. The Morgan fingerprint density at radius 3 is 2.29 bits per heavy atom. The summed E-state index contributed by atoms with van der Waals surface area (Å²) in [5.74, 6) is 0. The van der Waals surface area contributed by atoms with Crippen LogP contribution in [-0.2, 0) is 4.74 Å². The first-order chi connectivity index (χ1) is 6.27. The summed E-state index contributed by atoms with van der Waals surface area (Å²) in [6, 6.07) is 0. The van der Waals surface area contributed by atoms with Gasteiger partial charge in [-0.3, -0.25) is 0 Å². The normalized spacial score (nSPS) is 12.9. The molecular weight excluding hydrogens is 178 g/mol. The zero-order valence-electron chi connectivity index (χ0n) is 9.76. The molecule has 0 bridgehead atoms. The fourth-order valence-electron chi connectivity index (χ4n) is 0.955. The fourth-order valence-corrected chi connectivity index (χ4v) is 0.955. The monoisotopic (exact) mass is 201 g/mol. The second kappa shape index (κ2) is 5.49. The first-order valence-corrected chi connectivity index (χ1v) is 4.93. The molecule has 0 saturated carbocycles. The van der Waals surface area contributed by atoms with Crippen LogP contribution in [0.15, 0.2) is 12.7 Å². The second-order valence-electron chi connectivity index (χ2n) is 4.86. The first kappa shape index (κ1) is 13.6. The summed E-state index contributed by atoms with van der Waals surface area (Å²) in [5.41, 5.74) is -0.839. The van der Waals surface area contributed by atoms with E-state index in [-0.39, 0.29) is 5.54 Å². The van der Waals surface area contributed by atoms with Crippen LogP contribution >= 0.6 is 0 Å². The lowest BCUT2D eigenvalue weighted by Gasteiger charge is -2.27. The van der Waals surface area contributed by atoms with Gasteiger partial charge in [-0.05, 0) is 27.7 Å². The molecular formula is C11H23NO2. The maximum Gasteiger partial charge on any atom is 0.0824 e. The van der Waals surface area contributed by atoms with Gasteiger partial charge in [0.05, 0.1) is 18.8 Å². The topological polar surface area (TPSA) is 41.5 Å². The molecule has 0 aliphatic carbocycles. The Morgan fingerprint density at radius 1 is 1.29 bits per heavy atom. The van der Waals surface area contributed by atoms with E-state index in [9.17, 15) is 5.11 Å². The third kappa shape index (κ3) is 8.23. The van der Waals surface area contributed by atoms with Crippen LogP contribution in [0.2, 0.25) is 0 Å². The lowest BCUT2D eigenvalue weighted by atomic mass is 10.1. The van der Waals surface area contributed by atoms with Gasteiger partial charge in [-0.1, -0.05) is 6.08 Å². The van der Waals surface area contributed by atoms with Gasteiger partial charge in [0.15, 0.2) is 0 Å². The number of hydrogen-bond donors (Lipinski definition) is 2. The highest BCUT2D eigenvalue weighted by Crippen LogP contribution is 2.06. The highest BCUT2D eigenvalue weighted by atomic mass is 16.5. The van der Waals surface area contributed by atoms with Gasteiger partial charge in [0.1, 0.15) is 0 Å². The first-order valence-electron chi connectivity index (χ1n) is 4.93. The lowest BCUT2D eigenvalue weighted by Crippen LogP contribution is -2.44. The number of aliphatic hydroxyl groups is 1. The molecule has 0 aliphatic rings. The van der Waals surface area contributed by atoms with Crippen LogP contribution in [0.4, 0.5) is 0 Å². The zero-order valence-corrected chi connectivity index (χ0v) is 9.76. The molecule has 0 unspecified atom stereocenters. The molecule has 0 atom stereocenters. The minimum absolute atomic E-state index is 0.0839. The SMILES string of the molecule is C=CCNC(C)(C)COCC(C)(C)O. The van der Waals surface area contributed by atoms with Crippen LogP contribution in [0, 0.1) is 0 Å². The van der Waals surface area contributed by atoms with Gasteiger partial charge in [-0.2, -0.15) is 0 Å². The average molecular weight is 201 g/mol. The minimum Gasteiger partial charge on any atom is -0.388 e. The van der Waals surface area contributed by atoms with Crippen molar-refractivity contribution in [3.63, 3.8) is 0 Å². The zero-order chi connectivity index (χ0) is 11.2. The van der Waals surface area contributed by atoms with Crippen molar-refractivity contribution in [3.8, 4) is 0 Å². The molecule has 0 aliphatic heterocycles. The van der Waals surface area contributed by atoms with E-state index in [0.717, 1.165) is 6.54 Å². The molecule has 14 heavy (non-hydrogen) atoms. The Balaban J connectivity index is 3.70. The minimum atomic E-state index is -0.755. The van der Waals surface area contributed by atoms with E-state index in [1.54, 1.807) is 13.8 Å². The van der Waals surface area contributed by atoms with Crippen molar-refractivity contribution in [1.82, 2.24) is 5.32 Å². The van der Waals surface area contributed by atoms with Crippen molar-refractivity contribution in [3.05, 3.63) is 12.7 Å². The van der Waals surface area contributed by atoms with Crippen LogP contribution < -0.4 is 5.32 Å². The van der Waals surface area contributed by atoms with Crippen LogP contribution in [0.25, 0.3) is 0 Å². The molecule has 3 nitrogen and oxygen atoms in total. The highest BCUT2D eigenvalue weighted by Gasteiger charge is 2.19. The maximum atomic E-state index is 9.43. The van der Waals surface area contributed by atoms with E-state index in [1.165, 1.54) is 0 Å². The predicted molar refractivity (Wildman–Crippen MR) is 59.4 cm³/mol. The number of ether oxygens (including phenoxy) is 1. The Kier molecular flexibility index (Phi) is 5.34. The van der Waals surface area contributed by atoms with E-state index < -0.39 is 5.60 Å². The second-order valence-corrected chi connectivity index (χ2v) is 4.86. The van der Waals surface area contributed by atoms with E-state index in [0.29, 0.717) is 13.2 Å². The van der Waals surface area contributed by atoms with Gasteiger partial charge in [0.25, 0.3) is 0 Å². The van der Waals surface area contributed by atoms with Crippen LogP contribution in [-0.4, -0.2) is 36.0 Å². The Bertz CT molecular complexity index is 171. The Hall–Kier alpha value is -0.380. The molecule has 0 aromatic carbocycles. The fraction of sp³-hybridized carbons (Fsp3) is 0.818. The van der Waals surface area contributed by atoms with Gasteiger partial charge >= 0.3 is 0 Å². The highest BCUT2D eigenvalue weighted by molar-refractivity contribution is 4.82. The molecule has 0 saturated heterocycles. The molecule has 0 amide bonds. The molecule has 2 N–H and O–H groups in total. The van der Waals surface area contributed by atoms with Gasteiger partial charge in [-0.25, -0.2) is 0 Å². The van der Waals surface area contributed by atoms with Gasteiger partial charge in [0.2, 0.25) is 0 Å². The molecule has 0 radical (unpaired) electrons. The number of rotatable bonds is 7. The molecule has 0 rings (SSSR count). The third-order valence-electron chi connectivity index (χ3n) is 1.64. The molecule has 0 heterocycles. The molecule has 0 spiro atoms. The van der Waals surface area contributed by atoms with E-state index in [4.69, 9.17) is 4.74 Å².